The van der Waals surface area contributed by atoms with E-state index < -0.39 is 0 Å². The third kappa shape index (κ3) is 5.90. The monoisotopic (exact) mass is 283 g/mol. The summed E-state index contributed by atoms with van der Waals surface area (Å²) in [5.41, 5.74) is 0. The molecule has 1 rings (SSSR count). The Labute approximate surface area is 122 Å². The Kier molecular flexibility index (Phi) is 7.59. The van der Waals surface area contributed by atoms with E-state index in [9.17, 15) is 9.59 Å². The van der Waals surface area contributed by atoms with Gasteiger partial charge in [-0.2, -0.15) is 0 Å². The largest absolute Gasteiger partial charge is 0.356 e. The SMILES string of the molecule is CCCNC1CCCN(CCC(=O)NCC(C)C)C1=O. The van der Waals surface area contributed by atoms with Gasteiger partial charge in [0.05, 0.1) is 6.04 Å². The van der Waals surface area contributed by atoms with Crippen LogP contribution in [0.1, 0.15) is 46.5 Å². The van der Waals surface area contributed by atoms with Gasteiger partial charge in [-0.25, -0.2) is 0 Å². The smallest absolute Gasteiger partial charge is 0.239 e. The zero-order valence-corrected chi connectivity index (χ0v) is 13.1. The normalized spacial score (nSPS) is 19.5. The number of hydrogen-bond donors (Lipinski definition) is 2. The van der Waals surface area contributed by atoms with Crippen LogP contribution in [0.15, 0.2) is 0 Å². The first-order valence-electron chi connectivity index (χ1n) is 7.83. The Hall–Kier alpha value is -1.10. The van der Waals surface area contributed by atoms with Crippen molar-refractivity contribution in [1.82, 2.24) is 15.5 Å². The number of nitrogens with zero attached hydrogens (tertiary/aromatic N) is 1. The molecule has 0 spiro atoms. The van der Waals surface area contributed by atoms with Crippen LogP contribution in [0.2, 0.25) is 0 Å². The minimum atomic E-state index is -0.0533. The van der Waals surface area contributed by atoms with Gasteiger partial charge in [0.1, 0.15) is 0 Å². The second-order valence-electron chi connectivity index (χ2n) is 5.92. The van der Waals surface area contributed by atoms with Gasteiger partial charge < -0.3 is 15.5 Å². The van der Waals surface area contributed by atoms with Crippen molar-refractivity contribution in [3.63, 3.8) is 0 Å². The number of amides is 2. The first kappa shape index (κ1) is 17.0. The molecule has 5 heteroatoms. The first-order valence-corrected chi connectivity index (χ1v) is 7.83. The summed E-state index contributed by atoms with van der Waals surface area (Å²) < 4.78 is 0. The highest BCUT2D eigenvalue weighted by Gasteiger charge is 2.27. The van der Waals surface area contributed by atoms with E-state index in [2.05, 4.69) is 31.4 Å². The van der Waals surface area contributed by atoms with E-state index in [1.165, 1.54) is 0 Å². The lowest BCUT2D eigenvalue weighted by Gasteiger charge is -2.32. The lowest BCUT2D eigenvalue weighted by molar-refractivity contribution is -0.136. The van der Waals surface area contributed by atoms with E-state index in [0.29, 0.717) is 25.4 Å². The van der Waals surface area contributed by atoms with E-state index >= 15 is 0 Å². The number of carbonyl (C=O) groups is 2. The van der Waals surface area contributed by atoms with Crippen LogP contribution in [0, 0.1) is 5.92 Å². The Morgan fingerprint density at radius 3 is 2.85 bits per heavy atom. The maximum absolute atomic E-state index is 12.2. The molecular weight excluding hydrogens is 254 g/mol. The van der Waals surface area contributed by atoms with Gasteiger partial charge in [-0.1, -0.05) is 20.8 Å². The predicted octanol–water partition coefficient (Wildman–Crippen LogP) is 1.14. The molecule has 5 nitrogen and oxygen atoms in total. The average Bonchev–Trinajstić information content (AvgIpc) is 2.42. The van der Waals surface area contributed by atoms with Crippen LogP contribution in [0.25, 0.3) is 0 Å². The molecule has 1 aliphatic rings. The molecule has 1 aliphatic heterocycles. The minimum Gasteiger partial charge on any atom is -0.356 e. The van der Waals surface area contributed by atoms with Crippen LogP contribution < -0.4 is 10.6 Å². The summed E-state index contributed by atoms with van der Waals surface area (Å²) in [5, 5.41) is 6.18. The van der Waals surface area contributed by atoms with E-state index in [4.69, 9.17) is 0 Å². The fourth-order valence-electron chi connectivity index (χ4n) is 2.31. The molecule has 116 valence electrons. The number of likely N-dealkylation sites (tertiary alicyclic amines) is 1. The summed E-state index contributed by atoms with van der Waals surface area (Å²) in [6.45, 7) is 9.12. The predicted molar refractivity (Wildman–Crippen MR) is 80.4 cm³/mol. The molecule has 2 amide bonds. The Morgan fingerprint density at radius 1 is 1.45 bits per heavy atom. The van der Waals surface area contributed by atoms with Crippen LogP contribution in [-0.2, 0) is 9.59 Å². The van der Waals surface area contributed by atoms with Crippen LogP contribution in [0.4, 0.5) is 0 Å². The molecule has 0 aromatic carbocycles. The second-order valence-corrected chi connectivity index (χ2v) is 5.92. The fourth-order valence-corrected chi connectivity index (χ4v) is 2.31. The number of nitrogens with one attached hydrogen (secondary N) is 2. The molecule has 0 bridgehead atoms. The maximum atomic E-state index is 12.2. The lowest BCUT2D eigenvalue weighted by Crippen LogP contribution is -2.51. The summed E-state index contributed by atoms with van der Waals surface area (Å²) in [6, 6.07) is -0.0533. The van der Waals surface area contributed by atoms with E-state index in [1.807, 2.05) is 4.90 Å². The van der Waals surface area contributed by atoms with Crippen molar-refractivity contribution in [1.29, 1.82) is 0 Å². The molecular formula is C15H29N3O2. The lowest BCUT2D eigenvalue weighted by atomic mass is 10.0. The third-order valence-corrected chi connectivity index (χ3v) is 3.49. The minimum absolute atomic E-state index is 0.0372. The highest BCUT2D eigenvalue weighted by Crippen LogP contribution is 2.12. The Bertz CT molecular complexity index is 318. The molecule has 0 saturated carbocycles. The number of piperidine rings is 1. The third-order valence-electron chi connectivity index (χ3n) is 3.49. The van der Waals surface area contributed by atoms with Gasteiger partial charge >= 0.3 is 0 Å². The van der Waals surface area contributed by atoms with Crippen molar-refractivity contribution in [3.05, 3.63) is 0 Å². The molecule has 1 atom stereocenters. The zero-order chi connectivity index (χ0) is 15.0. The molecule has 1 fully saturated rings. The van der Waals surface area contributed by atoms with Gasteiger partial charge in [-0.15, -0.1) is 0 Å². The molecule has 0 aromatic rings. The maximum Gasteiger partial charge on any atom is 0.239 e. The Balaban J connectivity index is 2.31. The zero-order valence-electron chi connectivity index (χ0n) is 13.1. The molecule has 20 heavy (non-hydrogen) atoms. The summed E-state index contributed by atoms with van der Waals surface area (Å²) >= 11 is 0. The van der Waals surface area contributed by atoms with Crippen molar-refractivity contribution in [2.24, 2.45) is 5.92 Å². The van der Waals surface area contributed by atoms with Crippen LogP contribution in [0.3, 0.4) is 0 Å². The standard InChI is InChI=1S/C15H29N3O2/c1-4-8-16-13-6-5-9-18(15(13)20)10-7-14(19)17-11-12(2)3/h12-13,16H,4-11H2,1-3H3,(H,17,19). The molecule has 2 N–H and O–H groups in total. The second kappa shape index (κ2) is 8.95. The molecule has 1 unspecified atom stereocenters. The van der Waals surface area contributed by atoms with Gasteiger partial charge in [0.25, 0.3) is 0 Å². The van der Waals surface area contributed by atoms with Gasteiger partial charge in [-0.05, 0) is 31.7 Å². The van der Waals surface area contributed by atoms with Crippen molar-refractivity contribution in [2.45, 2.75) is 52.5 Å². The van der Waals surface area contributed by atoms with Crippen molar-refractivity contribution in [3.8, 4) is 0 Å². The topological polar surface area (TPSA) is 61.4 Å². The van der Waals surface area contributed by atoms with Crippen molar-refractivity contribution < 1.29 is 9.59 Å². The van der Waals surface area contributed by atoms with E-state index in [1.54, 1.807) is 0 Å². The van der Waals surface area contributed by atoms with Crippen LogP contribution in [-0.4, -0.2) is 48.9 Å². The summed E-state index contributed by atoms with van der Waals surface area (Å²) in [6.07, 6.45) is 3.36. The summed E-state index contributed by atoms with van der Waals surface area (Å²) in [4.78, 5) is 25.8. The molecule has 0 aliphatic carbocycles. The van der Waals surface area contributed by atoms with Gasteiger partial charge in [0.15, 0.2) is 0 Å². The highest BCUT2D eigenvalue weighted by molar-refractivity contribution is 5.83. The quantitative estimate of drug-likeness (QED) is 0.702. The van der Waals surface area contributed by atoms with Crippen LogP contribution >= 0.6 is 0 Å². The number of rotatable bonds is 8. The summed E-state index contributed by atoms with van der Waals surface area (Å²) in [7, 11) is 0. The van der Waals surface area contributed by atoms with Gasteiger partial charge in [0.2, 0.25) is 11.8 Å². The first-order chi connectivity index (χ1) is 9.54. The summed E-state index contributed by atoms with van der Waals surface area (Å²) in [5.74, 6) is 0.648. The molecule has 0 radical (unpaired) electrons. The highest BCUT2D eigenvalue weighted by atomic mass is 16.2. The molecule has 0 aromatic heterocycles. The van der Waals surface area contributed by atoms with E-state index in [0.717, 1.165) is 32.4 Å². The van der Waals surface area contributed by atoms with Gasteiger partial charge in [-0.3, -0.25) is 9.59 Å². The number of hydrogen-bond acceptors (Lipinski definition) is 3. The molecule has 1 heterocycles. The van der Waals surface area contributed by atoms with E-state index in [-0.39, 0.29) is 17.9 Å². The number of carbonyl (C=O) groups excluding carboxylic acids is 2. The van der Waals surface area contributed by atoms with Crippen molar-refractivity contribution >= 4 is 11.8 Å². The average molecular weight is 283 g/mol. The fraction of sp³-hybridized carbons (Fsp3) is 0.867. The Morgan fingerprint density at radius 2 is 2.20 bits per heavy atom. The van der Waals surface area contributed by atoms with Crippen molar-refractivity contribution in [2.75, 3.05) is 26.2 Å². The van der Waals surface area contributed by atoms with Crippen LogP contribution in [0.5, 0.6) is 0 Å². The molecule has 1 saturated heterocycles. The van der Waals surface area contributed by atoms with Gasteiger partial charge in [0, 0.05) is 26.1 Å².